The van der Waals surface area contributed by atoms with Gasteiger partial charge in [0.25, 0.3) is 0 Å². The Morgan fingerprint density at radius 3 is 2.39 bits per heavy atom. The summed E-state index contributed by atoms with van der Waals surface area (Å²) < 4.78 is 0. The van der Waals surface area contributed by atoms with Crippen LogP contribution < -0.4 is 0 Å². The van der Waals surface area contributed by atoms with E-state index >= 15 is 0 Å². The van der Waals surface area contributed by atoms with Crippen LogP contribution in [0.3, 0.4) is 0 Å². The Labute approximate surface area is 115 Å². The zero-order valence-electron chi connectivity index (χ0n) is 10.5. The molecule has 0 aromatic rings. The van der Waals surface area contributed by atoms with E-state index in [2.05, 4.69) is 13.8 Å². The first-order valence-corrected chi connectivity index (χ1v) is 8.10. The van der Waals surface area contributed by atoms with Crippen LogP contribution in [0.5, 0.6) is 0 Å². The number of carbonyl (C=O) groups is 2. The number of urea groups is 1. The molecule has 0 aromatic carbocycles. The van der Waals surface area contributed by atoms with Gasteiger partial charge < -0.3 is 14.9 Å². The first-order valence-electron chi connectivity index (χ1n) is 6.00. The third-order valence-corrected chi connectivity index (χ3v) is 5.34. The first-order chi connectivity index (χ1) is 8.49. The predicted octanol–water partition coefficient (Wildman–Crippen LogP) is 1.39. The van der Waals surface area contributed by atoms with Crippen molar-refractivity contribution in [3.05, 3.63) is 0 Å². The molecule has 18 heavy (non-hydrogen) atoms. The van der Waals surface area contributed by atoms with Gasteiger partial charge in [-0.15, -0.1) is 11.8 Å². The highest BCUT2D eigenvalue weighted by atomic mass is 32.2. The van der Waals surface area contributed by atoms with E-state index in [9.17, 15) is 9.59 Å². The molecule has 0 spiro atoms. The van der Waals surface area contributed by atoms with Gasteiger partial charge in [-0.2, -0.15) is 11.8 Å². The molecule has 0 bridgehead atoms. The number of carboxylic acids is 1. The van der Waals surface area contributed by atoms with Crippen molar-refractivity contribution in [3.63, 3.8) is 0 Å². The molecule has 7 heteroatoms. The molecule has 2 fully saturated rings. The SMILES string of the molecule is CC1CN(C(=O)N2CSCC2C(=O)O)CC(C)S1. The topological polar surface area (TPSA) is 60.9 Å². The van der Waals surface area contributed by atoms with E-state index in [1.165, 1.54) is 16.7 Å². The van der Waals surface area contributed by atoms with Gasteiger partial charge in [-0.05, 0) is 0 Å². The lowest BCUT2D eigenvalue weighted by atomic mass is 10.3. The van der Waals surface area contributed by atoms with Crippen LogP contribution in [0, 0.1) is 0 Å². The number of nitrogens with zero attached hydrogens (tertiary/aromatic N) is 2. The minimum Gasteiger partial charge on any atom is -0.480 e. The van der Waals surface area contributed by atoms with E-state index < -0.39 is 12.0 Å². The van der Waals surface area contributed by atoms with E-state index in [4.69, 9.17) is 5.11 Å². The molecule has 0 aromatic heterocycles. The fourth-order valence-electron chi connectivity index (χ4n) is 2.35. The molecule has 0 saturated carbocycles. The fraction of sp³-hybridized carbons (Fsp3) is 0.818. The summed E-state index contributed by atoms with van der Waals surface area (Å²) in [6.45, 7) is 5.63. The number of amides is 2. The quantitative estimate of drug-likeness (QED) is 0.791. The summed E-state index contributed by atoms with van der Waals surface area (Å²) >= 11 is 3.38. The zero-order chi connectivity index (χ0) is 13.3. The van der Waals surface area contributed by atoms with Crippen molar-refractivity contribution in [2.75, 3.05) is 24.7 Å². The zero-order valence-corrected chi connectivity index (χ0v) is 12.2. The summed E-state index contributed by atoms with van der Waals surface area (Å²) in [6.07, 6.45) is 0. The summed E-state index contributed by atoms with van der Waals surface area (Å²) in [5.41, 5.74) is 0. The molecule has 2 saturated heterocycles. The lowest BCUT2D eigenvalue weighted by Gasteiger charge is -2.37. The summed E-state index contributed by atoms with van der Waals surface area (Å²) in [6, 6.07) is -0.783. The van der Waals surface area contributed by atoms with Crippen molar-refractivity contribution >= 4 is 35.5 Å². The van der Waals surface area contributed by atoms with Crippen molar-refractivity contribution < 1.29 is 14.7 Å². The number of thioether (sulfide) groups is 2. The number of aliphatic carboxylic acids is 1. The molecule has 102 valence electrons. The first kappa shape index (κ1) is 13.9. The molecule has 2 rings (SSSR count). The molecule has 5 nitrogen and oxygen atoms in total. The van der Waals surface area contributed by atoms with Gasteiger partial charge in [-0.1, -0.05) is 13.8 Å². The second-order valence-electron chi connectivity index (χ2n) is 4.77. The van der Waals surface area contributed by atoms with Crippen molar-refractivity contribution in [1.82, 2.24) is 9.80 Å². The van der Waals surface area contributed by atoms with Gasteiger partial charge in [0, 0.05) is 29.3 Å². The van der Waals surface area contributed by atoms with Crippen molar-refractivity contribution in [1.29, 1.82) is 0 Å². The largest absolute Gasteiger partial charge is 0.480 e. The van der Waals surface area contributed by atoms with Gasteiger partial charge in [-0.3, -0.25) is 0 Å². The highest BCUT2D eigenvalue weighted by Crippen LogP contribution is 2.28. The van der Waals surface area contributed by atoms with Crippen LogP contribution in [-0.4, -0.2) is 68.2 Å². The maximum Gasteiger partial charge on any atom is 0.327 e. The molecule has 2 amide bonds. The van der Waals surface area contributed by atoms with Crippen molar-refractivity contribution in [3.8, 4) is 0 Å². The number of hydrogen-bond donors (Lipinski definition) is 1. The van der Waals surface area contributed by atoms with Crippen LogP contribution in [0.2, 0.25) is 0 Å². The maximum atomic E-state index is 12.4. The molecule has 3 unspecified atom stereocenters. The van der Waals surface area contributed by atoms with Gasteiger partial charge in [0.2, 0.25) is 0 Å². The minimum absolute atomic E-state index is 0.119. The van der Waals surface area contributed by atoms with E-state index in [-0.39, 0.29) is 6.03 Å². The molecule has 1 N–H and O–H groups in total. The highest BCUT2D eigenvalue weighted by Gasteiger charge is 2.38. The van der Waals surface area contributed by atoms with Crippen LogP contribution in [0.4, 0.5) is 4.79 Å². The van der Waals surface area contributed by atoms with Crippen LogP contribution in [0.15, 0.2) is 0 Å². The molecular weight excluding hydrogens is 272 g/mol. The molecule has 2 aliphatic heterocycles. The van der Waals surface area contributed by atoms with Crippen LogP contribution in [0.1, 0.15) is 13.8 Å². The number of hydrogen-bond acceptors (Lipinski definition) is 4. The lowest BCUT2D eigenvalue weighted by Crippen LogP contribution is -2.53. The predicted molar refractivity (Wildman–Crippen MR) is 74.1 cm³/mol. The third kappa shape index (κ3) is 2.88. The fourth-order valence-corrected chi connectivity index (χ4v) is 4.81. The average Bonchev–Trinajstić information content (AvgIpc) is 2.75. The lowest BCUT2D eigenvalue weighted by molar-refractivity contribution is -0.140. The Kier molecular flexibility index (Phi) is 4.32. The van der Waals surface area contributed by atoms with Crippen LogP contribution in [0.25, 0.3) is 0 Å². The van der Waals surface area contributed by atoms with Gasteiger partial charge >= 0.3 is 12.0 Å². The van der Waals surface area contributed by atoms with Gasteiger partial charge in [0.1, 0.15) is 6.04 Å². The third-order valence-electron chi connectivity index (χ3n) is 3.10. The number of rotatable bonds is 1. The Morgan fingerprint density at radius 1 is 1.22 bits per heavy atom. The number of carbonyl (C=O) groups excluding carboxylic acids is 1. The van der Waals surface area contributed by atoms with Gasteiger partial charge in [0.15, 0.2) is 0 Å². The second kappa shape index (κ2) is 5.61. The normalized spacial score (nSPS) is 32.7. The maximum absolute atomic E-state index is 12.4. The molecule has 2 aliphatic rings. The second-order valence-corrected chi connectivity index (χ2v) is 7.65. The summed E-state index contributed by atoms with van der Waals surface area (Å²) in [5, 5.41) is 9.93. The van der Waals surface area contributed by atoms with E-state index in [0.717, 1.165) is 0 Å². The average molecular weight is 290 g/mol. The Balaban J connectivity index is 2.04. The smallest absolute Gasteiger partial charge is 0.327 e. The summed E-state index contributed by atoms with van der Waals surface area (Å²) in [4.78, 5) is 26.8. The molecule has 2 heterocycles. The standard InChI is InChI=1S/C11H18N2O3S2/c1-7-3-12(4-8(2)18-7)11(16)13-6-17-5-9(13)10(14)15/h7-9H,3-6H2,1-2H3,(H,14,15). The Morgan fingerprint density at radius 2 is 1.83 bits per heavy atom. The molecular formula is C11H18N2O3S2. The van der Waals surface area contributed by atoms with Crippen molar-refractivity contribution in [2.45, 2.75) is 30.4 Å². The Hall–Kier alpha value is -0.560. The minimum atomic E-state index is -0.902. The van der Waals surface area contributed by atoms with E-state index in [1.54, 1.807) is 4.90 Å². The molecule has 3 atom stereocenters. The number of carboxylic acid groups (broad SMARTS) is 1. The van der Waals surface area contributed by atoms with Crippen LogP contribution in [-0.2, 0) is 4.79 Å². The molecule has 0 aliphatic carbocycles. The van der Waals surface area contributed by atoms with Gasteiger partial charge in [-0.25, -0.2) is 9.59 Å². The van der Waals surface area contributed by atoms with E-state index in [0.29, 0.717) is 35.2 Å². The molecule has 0 radical (unpaired) electrons. The van der Waals surface area contributed by atoms with Crippen LogP contribution >= 0.6 is 23.5 Å². The highest BCUT2D eigenvalue weighted by molar-refractivity contribution is 8.00. The Bertz CT molecular complexity index is 343. The summed E-state index contributed by atoms with van der Waals surface area (Å²) in [5.74, 6) is 0.0811. The van der Waals surface area contributed by atoms with Gasteiger partial charge in [0.05, 0.1) is 5.88 Å². The van der Waals surface area contributed by atoms with Crippen molar-refractivity contribution in [2.24, 2.45) is 0 Å². The summed E-state index contributed by atoms with van der Waals surface area (Å²) in [7, 11) is 0. The van der Waals surface area contributed by atoms with E-state index in [1.807, 2.05) is 11.8 Å². The monoisotopic (exact) mass is 290 g/mol.